The van der Waals surface area contributed by atoms with Crippen molar-refractivity contribution in [1.82, 2.24) is 0 Å². The van der Waals surface area contributed by atoms with E-state index in [1.807, 2.05) is 68.4 Å². The molecule has 0 radical (unpaired) electrons. The van der Waals surface area contributed by atoms with Gasteiger partial charge in [0.2, 0.25) is 0 Å². The Hall–Kier alpha value is -2.49. The van der Waals surface area contributed by atoms with Gasteiger partial charge in [-0.3, -0.25) is 4.79 Å². The summed E-state index contributed by atoms with van der Waals surface area (Å²) in [6.07, 6.45) is 1.20. The van der Waals surface area contributed by atoms with E-state index < -0.39 is 6.10 Å². The molecular formula is C20H25NO3. The molecule has 0 saturated carbocycles. The maximum Gasteiger partial charge on any atom is 0.265 e. The summed E-state index contributed by atoms with van der Waals surface area (Å²) in [4.78, 5) is 12.4. The summed E-state index contributed by atoms with van der Waals surface area (Å²) >= 11 is 0. The monoisotopic (exact) mass is 327 g/mol. The molecule has 128 valence electrons. The van der Waals surface area contributed by atoms with Gasteiger partial charge >= 0.3 is 0 Å². The standard InChI is InChI=1S/C20H25NO3/c1-4-15(3)23-18-13-11-16(12-14-18)21-20(22)19(5-2)24-17-9-7-6-8-10-17/h6-15,19H,4-5H2,1-3H3,(H,21,22). The van der Waals surface area contributed by atoms with Crippen molar-refractivity contribution in [3.8, 4) is 11.5 Å². The largest absolute Gasteiger partial charge is 0.491 e. The van der Waals surface area contributed by atoms with Crippen LogP contribution in [0.4, 0.5) is 5.69 Å². The van der Waals surface area contributed by atoms with Crippen LogP contribution in [0.1, 0.15) is 33.6 Å². The number of carbonyl (C=O) groups excluding carboxylic acids is 1. The number of ether oxygens (including phenoxy) is 2. The zero-order chi connectivity index (χ0) is 17.4. The third-order valence-electron chi connectivity index (χ3n) is 3.72. The van der Waals surface area contributed by atoms with Crippen molar-refractivity contribution in [3.63, 3.8) is 0 Å². The van der Waals surface area contributed by atoms with Crippen LogP contribution in [0.2, 0.25) is 0 Å². The predicted octanol–water partition coefficient (Wildman–Crippen LogP) is 4.66. The zero-order valence-corrected chi connectivity index (χ0v) is 14.5. The normalized spacial score (nSPS) is 13.0. The van der Waals surface area contributed by atoms with E-state index in [1.165, 1.54) is 0 Å². The van der Waals surface area contributed by atoms with Gasteiger partial charge in [0, 0.05) is 5.69 Å². The van der Waals surface area contributed by atoms with E-state index in [0.717, 1.165) is 17.9 Å². The second-order valence-electron chi connectivity index (χ2n) is 5.68. The first-order valence-corrected chi connectivity index (χ1v) is 8.41. The Morgan fingerprint density at radius 1 is 0.917 bits per heavy atom. The first-order chi connectivity index (χ1) is 11.6. The molecule has 0 fully saturated rings. The lowest BCUT2D eigenvalue weighted by Crippen LogP contribution is -2.32. The Morgan fingerprint density at radius 2 is 1.54 bits per heavy atom. The van der Waals surface area contributed by atoms with Crippen LogP contribution in [0.15, 0.2) is 54.6 Å². The number of para-hydroxylation sites is 1. The highest BCUT2D eigenvalue weighted by Crippen LogP contribution is 2.19. The van der Waals surface area contributed by atoms with Crippen molar-refractivity contribution >= 4 is 11.6 Å². The Labute approximate surface area is 143 Å². The number of hydrogen-bond acceptors (Lipinski definition) is 3. The van der Waals surface area contributed by atoms with Crippen LogP contribution in [-0.4, -0.2) is 18.1 Å². The molecule has 0 bridgehead atoms. The third kappa shape index (κ3) is 5.30. The molecule has 1 amide bonds. The smallest absolute Gasteiger partial charge is 0.265 e. The quantitative estimate of drug-likeness (QED) is 0.767. The molecule has 2 aromatic rings. The van der Waals surface area contributed by atoms with E-state index in [9.17, 15) is 4.79 Å². The van der Waals surface area contributed by atoms with Gasteiger partial charge in [0.15, 0.2) is 6.10 Å². The maximum absolute atomic E-state index is 12.4. The lowest BCUT2D eigenvalue weighted by atomic mass is 10.2. The topological polar surface area (TPSA) is 47.6 Å². The highest BCUT2D eigenvalue weighted by Gasteiger charge is 2.18. The summed E-state index contributed by atoms with van der Waals surface area (Å²) in [5.41, 5.74) is 0.728. The SMILES string of the molecule is CCC(C)Oc1ccc(NC(=O)C(CC)Oc2ccccc2)cc1. The molecule has 2 unspecified atom stereocenters. The number of benzene rings is 2. The molecule has 4 nitrogen and oxygen atoms in total. The molecule has 0 aromatic heterocycles. The van der Waals surface area contributed by atoms with E-state index in [-0.39, 0.29) is 12.0 Å². The molecule has 4 heteroatoms. The predicted molar refractivity (Wildman–Crippen MR) is 96.6 cm³/mol. The fourth-order valence-corrected chi connectivity index (χ4v) is 2.14. The fourth-order valence-electron chi connectivity index (χ4n) is 2.14. The van der Waals surface area contributed by atoms with Crippen molar-refractivity contribution in [2.45, 2.75) is 45.8 Å². The molecule has 0 spiro atoms. The van der Waals surface area contributed by atoms with E-state index in [0.29, 0.717) is 12.2 Å². The molecule has 2 atom stereocenters. The molecule has 0 heterocycles. The van der Waals surface area contributed by atoms with E-state index in [2.05, 4.69) is 12.2 Å². The van der Waals surface area contributed by atoms with Crippen molar-refractivity contribution < 1.29 is 14.3 Å². The highest BCUT2D eigenvalue weighted by atomic mass is 16.5. The molecule has 0 aliphatic heterocycles. The molecular weight excluding hydrogens is 302 g/mol. The van der Waals surface area contributed by atoms with Crippen LogP contribution in [0.25, 0.3) is 0 Å². The van der Waals surface area contributed by atoms with Crippen LogP contribution in [0.5, 0.6) is 11.5 Å². The van der Waals surface area contributed by atoms with Crippen LogP contribution in [0, 0.1) is 0 Å². The Balaban J connectivity index is 1.94. The number of amides is 1. The Bertz CT molecular complexity index is 625. The third-order valence-corrected chi connectivity index (χ3v) is 3.72. The van der Waals surface area contributed by atoms with Gasteiger partial charge in [-0.15, -0.1) is 0 Å². The number of nitrogens with one attached hydrogen (secondary N) is 1. The van der Waals surface area contributed by atoms with Gasteiger partial charge in [-0.2, -0.15) is 0 Å². The van der Waals surface area contributed by atoms with Gasteiger partial charge in [0.25, 0.3) is 5.91 Å². The van der Waals surface area contributed by atoms with Crippen LogP contribution in [0.3, 0.4) is 0 Å². The lowest BCUT2D eigenvalue weighted by Gasteiger charge is -2.17. The fraction of sp³-hybridized carbons (Fsp3) is 0.350. The minimum Gasteiger partial charge on any atom is -0.491 e. The summed E-state index contributed by atoms with van der Waals surface area (Å²) in [6, 6.07) is 16.8. The average molecular weight is 327 g/mol. The van der Waals surface area contributed by atoms with Gasteiger partial charge in [0.05, 0.1) is 6.10 Å². The van der Waals surface area contributed by atoms with Gasteiger partial charge in [-0.05, 0) is 56.2 Å². The number of anilines is 1. The summed E-state index contributed by atoms with van der Waals surface area (Å²) in [5, 5.41) is 2.89. The minimum atomic E-state index is -0.525. The van der Waals surface area contributed by atoms with Gasteiger partial charge in [0.1, 0.15) is 11.5 Å². The number of rotatable bonds is 8. The summed E-state index contributed by atoms with van der Waals surface area (Å²) in [5.74, 6) is 1.34. The summed E-state index contributed by atoms with van der Waals surface area (Å²) < 4.78 is 11.5. The number of carbonyl (C=O) groups is 1. The van der Waals surface area contributed by atoms with Gasteiger partial charge in [-0.1, -0.05) is 32.0 Å². The minimum absolute atomic E-state index is 0.156. The molecule has 0 saturated heterocycles. The second kappa shape index (κ2) is 8.96. The molecule has 2 rings (SSSR count). The summed E-state index contributed by atoms with van der Waals surface area (Å²) in [6.45, 7) is 6.04. The van der Waals surface area contributed by atoms with Crippen LogP contribution >= 0.6 is 0 Å². The number of hydrogen-bond donors (Lipinski definition) is 1. The van der Waals surface area contributed by atoms with E-state index in [1.54, 1.807) is 0 Å². The Morgan fingerprint density at radius 3 is 2.12 bits per heavy atom. The van der Waals surface area contributed by atoms with Crippen LogP contribution in [-0.2, 0) is 4.79 Å². The van der Waals surface area contributed by atoms with Crippen LogP contribution < -0.4 is 14.8 Å². The first-order valence-electron chi connectivity index (χ1n) is 8.41. The molecule has 1 N–H and O–H groups in total. The highest BCUT2D eigenvalue weighted by molar-refractivity contribution is 5.94. The van der Waals surface area contributed by atoms with Gasteiger partial charge in [-0.25, -0.2) is 0 Å². The first kappa shape index (κ1) is 17.9. The van der Waals surface area contributed by atoms with E-state index in [4.69, 9.17) is 9.47 Å². The lowest BCUT2D eigenvalue weighted by molar-refractivity contribution is -0.122. The zero-order valence-electron chi connectivity index (χ0n) is 14.5. The summed E-state index contributed by atoms with van der Waals surface area (Å²) in [7, 11) is 0. The second-order valence-corrected chi connectivity index (χ2v) is 5.68. The maximum atomic E-state index is 12.4. The van der Waals surface area contributed by atoms with Gasteiger partial charge < -0.3 is 14.8 Å². The molecule has 2 aromatic carbocycles. The molecule has 24 heavy (non-hydrogen) atoms. The Kier molecular flexibility index (Phi) is 6.67. The van der Waals surface area contributed by atoms with Crippen molar-refractivity contribution in [1.29, 1.82) is 0 Å². The van der Waals surface area contributed by atoms with Crippen molar-refractivity contribution in [2.24, 2.45) is 0 Å². The molecule has 0 aliphatic carbocycles. The molecule has 0 aliphatic rings. The average Bonchev–Trinajstić information content (AvgIpc) is 2.62. The van der Waals surface area contributed by atoms with Crippen molar-refractivity contribution in [2.75, 3.05) is 5.32 Å². The van der Waals surface area contributed by atoms with E-state index >= 15 is 0 Å². The van der Waals surface area contributed by atoms with Crippen molar-refractivity contribution in [3.05, 3.63) is 54.6 Å².